The predicted octanol–water partition coefficient (Wildman–Crippen LogP) is 1.64. The van der Waals surface area contributed by atoms with Crippen LogP contribution in [-0.4, -0.2) is 44.2 Å². The minimum Gasteiger partial charge on any atom is -0.337 e. The first kappa shape index (κ1) is 18.4. The Kier molecular flexibility index (Phi) is 5.26. The minimum absolute atomic E-state index is 0.0331. The van der Waals surface area contributed by atoms with E-state index in [1.165, 1.54) is 22.9 Å². The van der Waals surface area contributed by atoms with Gasteiger partial charge in [-0.15, -0.1) is 11.3 Å². The van der Waals surface area contributed by atoms with Gasteiger partial charge >= 0.3 is 5.69 Å². The van der Waals surface area contributed by atoms with Crippen molar-refractivity contribution in [3.05, 3.63) is 32.6 Å². The zero-order chi connectivity index (χ0) is 18.8. The van der Waals surface area contributed by atoms with Gasteiger partial charge < -0.3 is 10.2 Å². The van der Waals surface area contributed by atoms with Gasteiger partial charge in [-0.05, 0) is 31.2 Å². The zero-order valence-corrected chi connectivity index (χ0v) is 16.0. The molecule has 1 fully saturated rings. The molecule has 0 saturated carbocycles. The molecule has 0 aliphatic carbocycles. The molecule has 2 amide bonds. The van der Waals surface area contributed by atoms with Gasteiger partial charge in [0.25, 0.3) is 5.91 Å². The maximum atomic E-state index is 13.0. The van der Waals surface area contributed by atoms with Gasteiger partial charge in [-0.3, -0.25) is 14.2 Å². The summed E-state index contributed by atoms with van der Waals surface area (Å²) in [6.07, 6.45) is 1.74. The number of nitrogens with one attached hydrogen (secondary N) is 1. The number of carbonyl (C=O) groups is 2. The molecular formula is C17H23N5O3S. The number of nitrogens with zero attached hydrogens (tertiary/aromatic N) is 4. The Bertz CT molecular complexity index is 881. The molecule has 0 spiro atoms. The lowest BCUT2D eigenvalue weighted by Gasteiger charge is -2.32. The number of hydrogen-bond donors (Lipinski definition) is 1. The fourth-order valence-corrected chi connectivity index (χ4v) is 4.22. The highest BCUT2D eigenvalue weighted by Crippen LogP contribution is 2.29. The molecule has 1 atom stereocenters. The summed E-state index contributed by atoms with van der Waals surface area (Å²) < 4.78 is 3.03. The van der Waals surface area contributed by atoms with E-state index in [1.54, 1.807) is 28.0 Å². The van der Waals surface area contributed by atoms with Crippen LogP contribution in [0, 0.1) is 0 Å². The number of amides is 2. The van der Waals surface area contributed by atoms with E-state index < -0.39 is 0 Å². The molecule has 1 aliphatic rings. The fraction of sp³-hybridized carbons (Fsp3) is 0.529. The Morgan fingerprint density at radius 2 is 2.19 bits per heavy atom. The number of rotatable bonds is 4. The summed E-state index contributed by atoms with van der Waals surface area (Å²) in [4.78, 5) is 38.8. The van der Waals surface area contributed by atoms with E-state index in [0.717, 1.165) is 18.7 Å². The summed E-state index contributed by atoms with van der Waals surface area (Å²) in [7, 11) is 1.65. The number of aromatic nitrogens is 3. The normalized spacial score (nSPS) is 17.3. The Hall–Kier alpha value is -2.42. The standard InChI is InChI=1S/C17H23N5O3S/c1-4-22-15(19-20(3)17(22)25)12-6-5-8-21(10-12)16(24)14-13(7-9-26-14)18-11(2)23/h7,9,12H,4-6,8,10H2,1-3H3,(H,18,23)/t12-/m0/s1. The van der Waals surface area contributed by atoms with Gasteiger partial charge in [-0.2, -0.15) is 5.10 Å². The summed E-state index contributed by atoms with van der Waals surface area (Å²) in [5.41, 5.74) is 0.426. The lowest BCUT2D eigenvalue weighted by molar-refractivity contribution is -0.114. The van der Waals surface area contributed by atoms with E-state index >= 15 is 0 Å². The van der Waals surface area contributed by atoms with Crippen LogP contribution < -0.4 is 11.0 Å². The van der Waals surface area contributed by atoms with Gasteiger partial charge in [0.2, 0.25) is 5.91 Å². The summed E-state index contributed by atoms with van der Waals surface area (Å²) in [6, 6.07) is 1.74. The molecule has 1 aliphatic heterocycles. The molecule has 2 aromatic rings. The van der Waals surface area contributed by atoms with Crippen molar-refractivity contribution in [3.8, 4) is 0 Å². The van der Waals surface area contributed by atoms with Gasteiger partial charge in [-0.25, -0.2) is 9.48 Å². The van der Waals surface area contributed by atoms with E-state index in [9.17, 15) is 14.4 Å². The van der Waals surface area contributed by atoms with E-state index in [2.05, 4.69) is 10.4 Å². The van der Waals surface area contributed by atoms with E-state index in [0.29, 0.717) is 30.2 Å². The van der Waals surface area contributed by atoms with E-state index in [1.807, 2.05) is 6.92 Å². The number of aryl methyl sites for hydroxylation is 1. The van der Waals surface area contributed by atoms with Crippen molar-refractivity contribution < 1.29 is 9.59 Å². The van der Waals surface area contributed by atoms with E-state index in [-0.39, 0.29) is 23.4 Å². The highest BCUT2D eigenvalue weighted by Gasteiger charge is 2.30. The SMILES string of the molecule is CCn1c([C@H]2CCCN(C(=O)c3sccc3NC(C)=O)C2)nn(C)c1=O. The van der Waals surface area contributed by atoms with Crippen molar-refractivity contribution in [2.45, 2.75) is 39.2 Å². The molecule has 1 saturated heterocycles. The number of anilines is 1. The third kappa shape index (κ3) is 3.44. The molecule has 0 bridgehead atoms. The monoisotopic (exact) mass is 377 g/mol. The van der Waals surface area contributed by atoms with Crippen LogP contribution >= 0.6 is 11.3 Å². The Labute approximate surface area is 155 Å². The van der Waals surface area contributed by atoms with Crippen LogP contribution in [0.25, 0.3) is 0 Å². The first-order chi connectivity index (χ1) is 12.4. The van der Waals surface area contributed by atoms with Crippen LogP contribution in [0.1, 0.15) is 48.1 Å². The molecule has 9 heteroatoms. The predicted molar refractivity (Wildman–Crippen MR) is 99.6 cm³/mol. The van der Waals surface area contributed by atoms with Crippen molar-refractivity contribution in [3.63, 3.8) is 0 Å². The number of piperidine rings is 1. The number of thiophene rings is 1. The second kappa shape index (κ2) is 7.45. The molecule has 26 heavy (non-hydrogen) atoms. The average Bonchev–Trinajstić information content (AvgIpc) is 3.18. The average molecular weight is 377 g/mol. The summed E-state index contributed by atoms with van der Waals surface area (Å²) in [6.45, 7) is 5.09. The second-order valence-corrected chi connectivity index (χ2v) is 7.36. The highest BCUT2D eigenvalue weighted by molar-refractivity contribution is 7.12. The topological polar surface area (TPSA) is 89.2 Å². The van der Waals surface area contributed by atoms with Crippen molar-refractivity contribution in [1.82, 2.24) is 19.2 Å². The van der Waals surface area contributed by atoms with Crippen molar-refractivity contribution in [2.24, 2.45) is 7.05 Å². The molecule has 140 valence electrons. The lowest BCUT2D eigenvalue weighted by atomic mass is 9.97. The number of carbonyl (C=O) groups excluding carboxylic acids is 2. The van der Waals surface area contributed by atoms with Crippen molar-refractivity contribution in [1.29, 1.82) is 0 Å². The first-order valence-corrected chi connectivity index (χ1v) is 9.58. The third-order valence-corrected chi connectivity index (χ3v) is 5.50. The molecule has 1 N–H and O–H groups in total. The summed E-state index contributed by atoms with van der Waals surface area (Å²) in [5, 5.41) is 8.90. The van der Waals surface area contributed by atoms with E-state index in [4.69, 9.17) is 0 Å². The highest BCUT2D eigenvalue weighted by atomic mass is 32.1. The van der Waals surface area contributed by atoms with Gasteiger partial charge in [0, 0.05) is 39.5 Å². The van der Waals surface area contributed by atoms with Crippen LogP contribution in [0.2, 0.25) is 0 Å². The van der Waals surface area contributed by atoms with Crippen LogP contribution in [-0.2, 0) is 18.4 Å². The smallest absolute Gasteiger partial charge is 0.337 e. The van der Waals surface area contributed by atoms with Crippen LogP contribution in [0.4, 0.5) is 5.69 Å². The molecule has 3 heterocycles. The number of hydrogen-bond acceptors (Lipinski definition) is 5. The zero-order valence-electron chi connectivity index (χ0n) is 15.2. The van der Waals surface area contributed by atoms with Crippen molar-refractivity contribution in [2.75, 3.05) is 18.4 Å². The third-order valence-electron chi connectivity index (χ3n) is 4.60. The maximum absolute atomic E-state index is 13.0. The molecule has 0 unspecified atom stereocenters. The maximum Gasteiger partial charge on any atom is 0.345 e. The van der Waals surface area contributed by atoms with Gasteiger partial charge in [0.05, 0.1) is 5.69 Å². The summed E-state index contributed by atoms with van der Waals surface area (Å²) >= 11 is 1.32. The van der Waals surface area contributed by atoms with Gasteiger partial charge in [0.15, 0.2) is 0 Å². The molecule has 3 rings (SSSR count). The second-order valence-electron chi connectivity index (χ2n) is 6.44. The first-order valence-electron chi connectivity index (χ1n) is 8.70. The minimum atomic E-state index is -0.200. The van der Waals surface area contributed by atoms with Gasteiger partial charge in [-0.1, -0.05) is 0 Å². The Morgan fingerprint density at radius 1 is 1.42 bits per heavy atom. The Balaban J connectivity index is 1.82. The largest absolute Gasteiger partial charge is 0.345 e. The quantitative estimate of drug-likeness (QED) is 0.877. The molecule has 0 aromatic carbocycles. The lowest BCUT2D eigenvalue weighted by Crippen LogP contribution is -2.40. The van der Waals surface area contributed by atoms with Gasteiger partial charge in [0.1, 0.15) is 10.7 Å². The molecular weight excluding hydrogens is 354 g/mol. The molecule has 2 aromatic heterocycles. The molecule has 0 radical (unpaired) electrons. The van der Waals surface area contributed by atoms with Crippen LogP contribution in [0.15, 0.2) is 16.2 Å². The number of likely N-dealkylation sites (tertiary alicyclic amines) is 1. The summed E-state index contributed by atoms with van der Waals surface area (Å²) in [5.74, 6) is 0.487. The van der Waals surface area contributed by atoms with Crippen LogP contribution in [0.3, 0.4) is 0 Å². The Morgan fingerprint density at radius 3 is 2.88 bits per heavy atom. The molecule has 8 nitrogen and oxygen atoms in total. The van der Waals surface area contributed by atoms with Crippen molar-refractivity contribution >= 4 is 28.8 Å². The fourth-order valence-electron chi connectivity index (χ4n) is 3.40. The van der Waals surface area contributed by atoms with Crippen LogP contribution in [0.5, 0.6) is 0 Å².